The Bertz CT molecular complexity index is 1100. The number of carbonyl (C=O) groups is 1. The fourth-order valence-corrected chi connectivity index (χ4v) is 9.84. The lowest BCUT2D eigenvalue weighted by Gasteiger charge is -2.25. The highest BCUT2D eigenvalue weighted by Gasteiger charge is 2.27. The number of allylic oxidation sites excluding steroid dienone is 1. The molecule has 3 atom stereocenters. The number of hydrogen-bond donors (Lipinski definition) is 3. The van der Waals surface area contributed by atoms with Gasteiger partial charge in [0.05, 0.1) is 39.9 Å². The van der Waals surface area contributed by atoms with Gasteiger partial charge in [-0.2, -0.15) is 0 Å². The SMILES string of the molecule is CCCCCCCCCCCCCC/C=C/C(O)C(COP(=O)(O)OCC[N+](C)(C)C)NC(=O)CCCCCCCCCCCCCCCCCCCCCCCCCCCCCCCCC. The molecule has 8 nitrogen and oxygen atoms in total. The average Bonchev–Trinajstić information content (AvgIpc) is 3.29. The average molecular weight is 971 g/mol. The Morgan fingerprint density at radius 3 is 1.10 bits per heavy atom. The zero-order chi connectivity index (χ0) is 49.2. The highest BCUT2D eigenvalue weighted by atomic mass is 31.2. The van der Waals surface area contributed by atoms with Gasteiger partial charge in [0.15, 0.2) is 0 Å². The van der Waals surface area contributed by atoms with Crippen LogP contribution < -0.4 is 5.32 Å². The fourth-order valence-electron chi connectivity index (χ4n) is 9.10. The van der Waals surface area contributed by atoms with Crippen LogP contribution in [-0.4, -0.2) is 73.4 Å². The number of phosphoric ester groups is 1. The number of nitrogens with one attached hydrogen (secondary N) is 1. The first-order valence-corrected chi connectivity index (χ1v) is 31.1. The minimum absolute atomic E-state index is 0.0650. The molecule has 0 fully saturated rings. The summed E-state index contributed by atoms with van der Waals surface area (Å²) < 4.78 is 23.7. The summed E-state index contributed by atoms with van der Waals surface area (Å²) >= 11 is 0. The molecule has 400 valence electrons. The predicted octanol–water partition coefficient (Wildman–Crippen LogP) is 17.8. The van der Waals surface area contributed by atoms with E-state index in [1.807, 2.05) is 27.2 Å². The summed E-state index contributed by atoms with van der Waals surface area (Å²) in [6.45, 7) is 4.86. The molecule has 0 radical (unpaired) electrons. The molecule has 9 heteroatoms. The minimum atomic E-state index is -4.34. The fraction of sp³-hybridized carbons (Fsp3) is 0.948. The summed E-state index contributed by atoms with van der Waals surface area (Å²) in [4.78, 5) is 23.3. The molecule has 3 unspecified atom stereocenters. The van der Waals surface area contributed by atoms with E-state index < -0.39 is 20.0 Å². The number of nitrogens with zero attached hydrogens (tertiary/aromatic N) is 1. The van der Waals surface area contributed by atoms with E-state index in [1.54, 1.807) is 6.08 Å². The molecule has 0 aromatic carbocycles. The third-order valence-corrected chi connectivity index (χ3v) is 14.7. The van der Waals surface area contributed by atoms with Gasteiger partial charge in [-0.25, -0.2) is 4.57 Å². The second kappa shape index (κ2) is 50.2. The lowest BCUT2D eigenvalue weighted by molar-refractivity contribution is -0.870. The van der Waals surface area contributed by atoms with Gasteiger partial charge >= 0.3 is 7.82 Å². The van der Waals surface area contributed by atoms with Crippen molar-refractivity contribution in [3.05, 3.63) is 12.2 Å². The van der Waals surface area contributed by atoms with Gasteiger partial charge in [0, 0.05) is 6.42 Å². The van der Waals surface area contributed by atoms with E-state index >= 15 is 0 Å². The Morgan fingerprint density at radius 1 is 0.493 bits per heavy atom. The maximum atomic E-state index is 13.0. The molecule has 0 saturated carbocycles. The number of phosphoric acid groups is 1. The Hall–Kier alpha value is -0.760. The highest BCUT2D eigenvalue weighted by Crippen LogP contribution is 2.43. The maximum absolute atomic E-state index is 13.0. The first kappa shape index (κ1) is 66.2. The summed E-state index contributed by atoms with van der Waals surface area (Å²) in [5, 5.41) is 13.9. The maximum Gasteiger partial charge on any atom is 0.472 e. The second-order valence-electron chi connectivity index (χ2n) is 21.7. The van der Waals surface area contributed by atoms with Crippen molar-refractivity contribution in [1.29, 1.82) is 0 Å². The molecule has 0 aliphatic rings. The van der Waals surface area contributed by atoms with Crippen LogP contribution in [0.5, 0.6) is 0 Å². The van der Waals surface area contributed by atoms with Gasteiger partial charge in [-0.1, -0.05) is 289 Å². The van der Waals surface area contributed by atoms with Crippen LogP contribution in [0.1, 0.15) is 303 Å². The van der Waals surface area contributed by atoms with Crippen LogP contribution in [0.25, 0.3) is 0 Å². The number of carbonyl (C=O) groups excluding carboxylic acids is 1. The Morgan fingerprint density at radius 2 is 0.791 bits per heavy atom. The van der Waals surface area contributed by atoms with Gasteiger partial charge < -0.3 is 19.8 Å². The molecule has 0 rings (SSSR count). The molecule has 0 aromatic heterocycles. The largest absolute Gasteiger partial charge is 0.472 e. The molecule has 0 bridgehead atoms. The van der Waals surface area contributed by atoms with Crippen LogP contribution in [0, 0.1) is 0 Å². The van der Waals surface area contributed by atoms with Crippen molar-refractivity contribution >= 4 is 13.7 Å². The van der Waals surface area contributed by atoms with E-state index in [9.17, 15) is 19.4 Å². The molecule has 0 spiro atoms. The summed E-state index contributed by atoms with van der Waals surface area (Å²) in [5.41, 5.74) is 0. The lowest BCUT2D eigenvalue weighted by atomic mass is 10.0. The van der Waals surface area contributed by atoms with Crippen molar-refractivity contribution in [2.24, 2.45) is 0 Å². The number of rotatable bonds is 55. The van der Waals surface area contributed by atoms with Crippen LogP contribution in [-0.2, 0) is 18.4 Å². The Kier molecular flexibility index (Phi) is 49.6. The van der Waals surface area contributed by atoms with Crippen LogP contribution in [0.15, 0.2) is 12.2 Å². The first-order chi connectivity index (χ1) is 32.5. The summed E-state index contributed by atoms with van der Waals surface area (Å²) in [6.07, 6.45) is 61.9. The third kappa shape index (κ3) is 52.9. The van der Waals surface area contributed by atoms with E-state index in [0.717, 1.165) is 38.5 Å². The normalized spacial score (nSPS) is 14.0. The van der Waals surface area contributed by atoms with E-state index in [-0.39, 0.29) is 19.1 Å². The van der Waals surface area contributed by atoms with Gasteiger partial charge in [0.2, 0.25) is 5.91 Å². The van der Waals surface area contributed by atoms with Crippen molar-refractivity contribution < 1.29 is 32.9 Å². The van der Waals surface area contributed by atoms with E-state index in [0.29, 0.717) is 17.4 Å². The molecule has 0 heterocycles. The molecule has 1 amide bonds. The number of aliphatic hydroxyl groups is 1. The number of amides is 1. The molecule has 0 aromatic rings. The Balaban J connectivity index is 4.00. The predicted molar refractivity (Wildman–Crippen MR) is 291 cm³/mol. The second-order valence-corrected chi connectivity index (χ2v) is 23.2. The standard InChI is InChI=1S/C58H117N2O6P/c1-6-8-10-12-14-16-18-20-22-23-24-25-26-27-28-29-30-31-32-33-34-35-36-37-38-40-42-44-46-48-50-52-58(62)59-56(55-66-67(63,64)65-54-53-60(3,4)5)57(61)51-49-47-45-43-41-39-21-19-17-15-13-11-9-7-2/h49,51,56-57,61H,6-48,50,52-55H2,1-5H3,(H-,59,62,63,64)/p+1/b51-49+. The van der Waals surface area contributed by atoms with Crippen molar-refractivity contribution in [1.82, 2.24) is 5.32 Å². The zero-order valence-electron chi connectivity index (χ0n) is 45.7. The zero-order valence-corrected chi connectivity index (χ0v) is 46.6. The smallest absolute Gasteiger partial charge is 0.387 e. The summed E-state index contributed by atoms with van der Waals surface area (Å²) in [5.74, 6) is -0.170. The molecule has 0 aliphatic heterocycles. The highest BCUT2D eigenvalue weighted by molar-refractivity contribution is 7.47. The van der Waals surface area contributed by atoms with Crippen molar-refractivity contribution in [3.8, 4) is 0 Å². The van der Waals surface area contributed by atoms with Crippen LogP contribution in [0.3, 0.4) is 0 Å². The topological polar surface area (TPSA) is 105 Å². The van der Waals surface area contributed by atoms with Crippen LogP contribution in [0.4, 0.5) is 0 Å². The van der Waals surface area contributed by atoms with E-state index in [1.165, 1.54) is 244 Å². The third-order valence-electron chi connectivity index (χ3n) is 13.8. The molecular weight excluding hydrogens is 852 g/mol. The van der Waals surface area contributed by atoms with Gasteiger partial charge in [-0.05, 0) is 19.3 Å². The van der Waals surface area contributed by atoms with Crippen molar-refractivity contribution in [2.45, 2.75) is 315 Å². The van der Waals surface area contributed by atoms with E-state index in [4.69, 9.17) is 9.05 Å². The lowest BCUT2D eigenvalue weighted by Crippen LogP contribution is -2.45. The number of quaternary nitrogens is 1. The molecule has 0 aliphatic carbocycles. The molecule has 67 heavy (non-hydrogen) atoms. The van der Waals surface area contributed by atoms with Gasteiger partial charge in [-0.15, -0.1) is 0 Å². The Labute approximate surface area is 418 Å². The van der Waals surface area contributed by atoms with Crippen LogP contribution >= 0.6 is 7.82 Å². The molecule has 3 N–H and O–H groups in total. The monoisotopic (exact) mass is 970 g/mol. The van der Waals surface area contributed by atoms with Gasteiger partial charge in [0.25, 0.3) is 0 Å². The van der Waals surface area contributed by atoms with Gasteiger partial charge in [0.1, 0.15) is 13.2 Å². The summed E-state index contributed by atoms with van der Waals surface area (Å²) in [6, 6.07) is -0.841. The van der Waals surface area contributed by atoms with Crippen molar-refractivity contribution in [3.63, 3.8) is 0 Å². The minimum Gasteiger partial charge on any atom is -0.387 e. The van der Waals surface area contributed by atoms with Gasteiger partial charge in [-0.3, -0.25) is 13.8 Å². The number of hydrogen-bond acceptors (Lipinski definition) is 5. The molecule has 0 saturated heterocycles. The summed E-state index contributed by atoms with van der Waals surface area (Å²) in [7, 11) is 1.59. The molecular formula is C58H118N2O6P+. The van der Waals surface area contributed by atoms with Crippen LogP contribution in [0.2, 0.25) is 0 Å². The number of unbranched alkanes of at least 4 members (excludes halogenated alkanes) is 42. The quantitative estimate of drug-likeness (QED) is 0.0243. The van der Waals surface area contributed by atoms with E-state index in [2.05, 4.69) is 19.2 Å². The first-order valence-electron chi connectivity index (χ1n) is 29.6. The number of aliphatic hydroxyl groups excluding tert-OH is 1. The van der Waals surface area contributed by atoms with Crippen molar-refractivity contribution in [2.75, 3.05) is 40.9 Å². The number of likely N-dealkylation sites (N-methyl/N-ethyl adjacent to an activating group) is 1.